The summed E-state index contributed by atoms with van der Waals surface area (Å²) in [4.78, 5) is 4.77. The van der Waals surface area contributed by atoms with Crippen molar-refractivity contribution in [3.05, 3.63) is 12.7 Å². The van der Waals surface area contributed by atoms with Crippen LogP contribution in [0.25, 0.3) is 0 Å². The second kappa shape index (κ2) is 5.49. The van der Waals surface area contributed by atoms with E-state index in [1.54, 1.807) is 0 Å². The lowest BCUT2D eigenvalue weighted by atomic mass is 10.1. The highest BCUT2D eigenvalue weighted by molar-refractivity contribution is 4.87. The van der Waals surface area contributed by atoms with Crippen LogP contribution >= 0.6 is 0 Å². The molecular formula is C11H22N2O. The van der Waals surface area contributed by atoms with Crippen LogP contribution in [-0.4, -0.2) is 60.3 Å². The summed E-state index contributed by atoms with van der Waals surface area (Å²) in [6, 6.07) is 1.06. The molecule has 2 atom stereocenters. The van der Waals surface area contributed by atoms with Gasteiger partial charge in [-0.1, -0.05) is 6.08 Å². The molecule has 1 rings (SSSR count). The molecule has 1 fully saturated rings. The summed E-state index contributed by atoms with van der Waals surface area (Å²) in [5, 5.41) is 8.97. The van der Waals surface area contributed by atoms with Gasteiger partial charge in [-0.05, 0) is 20.4 Å². The summed E-state index contributed by atoms with van der Waals surface area (Å²) in [5.74, 6) is 0. The van der Waals surface area contributed by atoms with Gasteiger partial charge in [0, 0.05) is 38.3 Å². The number of rotatable bonds is 4. The number of nitrogens with zero attached hydrogens (tertiary/aromatic N) is 2. The molecule has 1 aliphatic rings. The highest BCUT2D eigenvalue weighted by Gasteiger charge is 2.27. The van der Waals surface area contributed by atoms with Gasteiger partial charge < -0.3 is 5.11 Å². The minimum absolute atomic E-state index is 0.281. The van der Waals surface area contributed by atoms with Gasteiger partial charge in [-0.2, -0.15) is 0 Å². The Morgan fingerprint density at radius 2 is 2.21 bits per heavy atom. The number of likely N-dealkylation sites (N-methyl/N-ethyl adjacent to an activating group) is 1. The minimum atomic E-state index is 0.281. The zero-order valence-corrected chi connectivity index (χ0v) is 9.32. The molecule has 0 aromatic rings. The van der Waals surface area contributed by atoms with Gasteiger partial charge in [0.25, 0.3) is 0 Å². The Morgan fingerprint density at radius 3 is 2.79 bits per heavy atom. The normalized spacial score (nSPS) is 30.5. The molecule has 14 heavy (non-hydrogen) atoms. The Labute approximate surface area is 87.0 Å². The molecule has 0 radical (unpaired) electrons. The van der Waals surface area contributed by atoms with Crippen LogP contribution in [0.3, 0.4) is 0 Å². The third-order valence-electron chi connectivity index (χ3n) is 3.11. The molecule has 0 saturated carbocycles. The van der Waals surface area contributed by atoms with E-state index in [4.69, 9.17) is 5.11 Å². The minimum Gasteiger partial charge on any atom is -0.396 e. The van der Waals surface area contributed by atoms with Gasteiger partial charge in [-0.15, -0.1) is 6.58 Å². The van der Waals surface area contributed by atoms with Crippen molar-refractivity contribution in [1.82, 2.24) is 9.80 Å². The fraction of sp³-hybridized carbons (Fsp3) is 0.818. The maximum absolute atomic E-state index is 8.97. The average Bonchev–Trinajstić information content (AvgIpc) is 2.14. The van der Waals surface area contributed by atoms with E-state index in [1.807, 2.05) is 6.08 Å². The van der Waals surface area contributed by atoms with Crippen molar-refractivity contribution in [2.45, 2.75) is 25.4 Å². The number of hydrogen-bond acceptors (Lipinski definition) is 3. The molecule has 1 saturated heterocycles. The second-order valence-electron chi connectivity index (χ2n) is 4.19. The molecular weight excluding hydrogens is 176 g/mol. The molecule has 1 aliphatic heterocycles. The Kier molecular flexibility index (Phi) is 4.58. The Morgan fingerprint density at radius 1 is 1.50 bits per heavy atom. The molecule has 1 N–H and O–H groups in total. The average molecular weight is 198 g/mol. The summed E-state index contributed by atoms with van der Waals surface area (Å²) >= 11 is 0. The lowest BCUT2D eigenvalue weighted by molar-refractivity contribution is 0.0451. The lowest BCUT2D eigenvalue weighted by Crippen LogP contribution is -2.56. The largest absolute Gasteiger partial charge is 0.396 e. The fourth-order valence-electron chi connectivity index (χ4n) is 2.14. The van der Waals surface area contributed by atoms with Crippen molar-refractivity contribution in [2.24, 2.45) is 0 Å². The van der Waals surface area contributed by atoms with Crippen molar-refractivity contribution >= 4 is 0 Å². The third-order valence-corrected chi connectivity index (χ3v) is 3.11. The van der Waals surface area contributed by atoms with Gasteiger partial charge in [-0.25, -0.2) is 0 Å². The number of aliphatic hydroxyl groups is 1. The van der Waals surface area contributed by atoms with Crippen LogP contribution in [0.4, 0.5) is 0 Å². The van der Waals surface area contributed by atoms with E-state index in [0.717, 1.165) is 26.1 Å². The molecule has 3 heteroatoms. The molecule has 0 bridgehead atoms. The van der Waals surface area contributed by atoms with Crippen LogP contribution in [0, 0.1) is 0 Å². The van der Waals surface area contributed by atoms with E-state index in [-0.39, 0.29) is 6.61 Å². The Balaban J connectivity index is 2.51. The second-order valence-corrected chi connectivity index (χ2v) is 4.19. The first-order chi connectivity index (χ1) is 6.69. The number of aliphatic hydroxyl groups excluding tert-OH is 1. The van der Waals surface area contributed by atoms with Crippen molar-refractivity contribution in [1.29, 1.82) is 0 Å². The molecule has 82 valence electrons. The first-order valence-electron chi connectivity index (χ1n) is 5.35. The van der Waals surface area contributed by atoms with Crippen LogP contribution in [0.2, 0.25) is 0 Å². The third kappa shape index (κ3) is 2.80. The van der Waals surface area contributed by atoms with E-state index >= 15 is 0 Å². The highest BCUT2D eigenvalue weighted by Crippen LogP contribution is 2.15. The predicted molar refractivity (Wildman–Crippen MR) is 59.4 cm³/mol. The summed E-state index contributed by atoms with van der Waals surface area (Å²) in [6.07, 6.45) is 2.82. The summed E-state index contributed by atoms with van der Waals surface area (Å²) in [6.45, 7) is 9.39. The summed E-state index contributed by atoms with van der Waals surface area (Å²) < 4.78 is 0. The van der Waals surface area contributed by atoms with Gasteiger partial charge in [-0.3, -0.25) is 9.80 Å². The first kappa shape index (κ1) is 11.7. The molecule has 0 aromatic carbocycles. The van der Waals surface area contributed by atoms with Crippen LogP contribution in [0.1, 0.15) is 13.3 Å². The SMILES string of the molecule is C=CCN1CC(C)N(C)C(CCO)C1. The van der Waals surface area contributed by atoms with Gasteiger partial charge in [0.15, 0.2) is 0 Å². The zero-order chi connectivity index (χ0) is 10.6. The molecule has 0 amide bonds. The van der Waals surface area contributed by atoms with E-state index in [2.05, 4.69) is 30.4 Å². The van der Waals surface area contributed by atoms with Gasteiger partial charge in [0.05, 0.1) is 0 Å². The summed E-state index contributed by atoms with van der Waals surface area (Å²) in [7, 11) is 2.15. The van der Waals surface area contributed by atoms with E-state index in [9.17, 15) is 0 Å². The lowest BCUT2D eigenvalue weighted by Gasteiger charge is -2.43. The Bertz CT molecular complexity index is 184. The van der Waals surface area contributed by atoms with Crippen molar-refractivity contribution in [3.8, 4) is 0 Å². The topological polar surface area (TPSA) is 26.7 Å². The molecule has 1 heterocycles. The molecule has 0 aliphatic carbocycles. The highest BCUT2D eigenvalue weighted by atomic mass is 16.3. The van der Waals surface area contributed by atoms with Crippen LogP contribution in [0.15, 0.2) is 12.7 Å². The maximum atomic E-state index is 8.97. The molecule has 0 aromatic heterocycles. The monoisotopic (exact) mass is 198 g/mol. The van der Waals surface area contributed by atoms with Gasteiger partial charge in [0.1, 0.15) is 0 Å². The van der Waals surface area contributed by atoms with Crippen LogP contribution in [-0.2, 0) is 0 Å². The maximum Gasteiger partial charge on any atom is 0.0446 e. The quantitative estimate of drug-likeness (QED) is 0.669. The molecule has 0 spiro atoms. The Hall–Kier alpha value is -0.380. The standard InChI is InChI=1S/C11H22N2O/c1-4-6-13-8-10(2)12(3)11(9-13)5-7-14/h4,10-11,14H,1,5-9H2,2-3H3. The van der Waals surface area contributed by atoms with Crippen LogP contribution in [0.5, 0.6) is 0 Å². The van der Waals surface area contributed by atoms with E-state index in [0.29, 0.717) is 12.1 Å². The van der Waals surface area contributed by atoms with Gasteiger partial charge >= 0.3 is 0 Å². The van der Waals surface area contributed by atoms with Crippen LogP contribution < -0.4 is 0 Å². The summed E-state index contributed by atoms with van der Waals surface area (Å²) in [5.41, 5.74) is 0. The number of piperazine rings is 1. The van der Waals surface area contributed by atoms with E-state index < -0.39 is 0 Å². The molecule has 2 unspecified atom stereocenters. The fourth-order valence-corrected chi connectivity index (χ4v) is 2.14. The smallest absolute Gasteiger partial charge is 0.0446 e. The van der Waals surface area contributed by atoms with Crippen molar-refractivity contribution in [2.75, 3.05) is 33.3 Å². The first-order valence-corrected chi connectivity index (χ1v) is 5.35. The van der Waals surface area contributed by atoms with Crippen molar-refractivity contribution < 1.29 is 5.11 Å². The number of hydrogen-bond donors (Lipinski definition) is 1. The van der Waals surface area contributed by atoms with Crippen molar-refractivity contribution in [3.63, 3.8) is 0 Å². The zero-order valence-electron chi connectivity index (χ0n) is 9.32. The predicted octanol–water partition coefficient (Wildman–Crippen LogP) is 0.559. The molecule has 3 nitrogen and oxygen atoms in total. The van der Waals surface area contributed by atoms with Gasteiger partial charge in [0.2, 0.25) is 0 Å². The van der Waals surface area contributed by atoms with E-state index in [1.165, 1.54) is 0 Å².